The summed E-state index contributed by atoms with van der Waals surface area (Å²) in [5, 5.41) is 163. The minimum atomic E-state index is -1.76. The molecule has 42 nitrogen and oxygen atoms in total. The van der Waals surface area contributed by atoms with Crippen LogP contribution in [0.2, 0.25) is 10.3 Å². The molecule has 0 saturated carbocycles. The Morgan fingerprint density at radius 1 is 0.415 bits per heavy atom. The van der Waals surface area contributed by atoms with Gasteiger partial charge in [0.05, 0.1) is 48.0 Å². The predicted octanol–water partition coefficient (Wildman–Crippen LogP) is -5.89. The van der Waals surface area contributed by atoms with Gasteiger partial charge in [-0.3, -0.25) is 19.6 Å². The fourth-order valence-electron chi connectivity index (χ4n) is 13.8. The van der Waals surface area contributed by atoms with Gasteiger partial charge >= 0.3 is 0 Å². The Bertz CT molecular complexity index is 4470. The van der Waals surface area contributed by atoms with Crippen molar-refractivity contribution in [3.63, 3.8) is 0 Å². The smallest absolute Gasteiger partial charge is 0.262 e. The number of nitrogens with one attached hydrogen (secondary N) is 2. The number of aliphatic hydroxyl groups is 16. The van der Waals surface area contributed by atoms with Crippen molar-refractivity contribution in [3.8, 4) is 0 Å². The summed E-state index contributed by atoms with van der Waals surface area (Å²) in [6, 6.07) is 0. The molecule has 584 valence electrons. The van der Waals surface area contributed by atoms with E-state index in [1.54, 1.807) is 31.5 Å². The van der Waals surface area contributed by atoms with E-state index in [0.29, 0.717) is 33.1 Å². The topological polar surface area (TPSA) is 664 Å². The van der Waals surface area contributed by atoms with Crippen LogP contribution in [0.25, 0.3) is 44.1 Å². The molecular weight excluding hydrogens is 1460 g/mol. The summed E-state index contributed by atoms with van der Waals surface area (Å²) in [4.78, 5) is 53.4. The summed E-state index contributed by atoms with van der Waals surface area (Å²) < 4.78 is 52.9. The number of halogens is 2. The molecule has 0 radical (unpaired) electrons. The van der Waals surface area contributed by atoms with Gasteiger partial charge in [0, 0.05) is 24.8 Å². The Morgan fingerprint density at radius 2 is 0.717 bits per heavy atom. The summed E-state index contributed by atoms with van der Waals surface area (Å²) in [6.07, 6.45) is -25.8. The van der Waals surface area contributed by atoms with E-state index in [2.05, 4.69) is 39.9 Å². The molecule has 6 aliphatic rings. The molecule has 0 aromatic carbocycles. The minimum Gasteiger partial charge on any atom is -0.394 e. The molecule has 0 aliphatic carbocycles. The Morgan fingerprint density at radius 3 is 1.07 bits per heavy atom. The maximum atomic E-state index is 12.1. The molecule has 6 fully saturated rings. The molecule has 14 heterocycles. The third kappa shape index (κ3) is 15.0. The number of nitrogen functional groups attached to an aromatic ring is 4. The first kappa shape index (κ1) is 79.9. The molecule has 26 N–H and O–H groups in total. The van der Waals surface area contributed by atoms with Crippen LogP contribution in [-0.4, -0.2) is 300 Å². The number of rotatable bonds is 7. The summed E-state index contributed by atoms with van der Waals surface area (Å²) in [7, 11) is 0. The number of hydrogen-bond acceptors (Lipinski definition) is 36. The van der Waals surface area contributed by atoms with Crippen LogP contribution in [0.5, 0.6) is 0 Å². The molecule has 6 saturated heterocycles. The molecule has 106 heavy (non-hydrogen) atoms. The van der Waals surface area contributed by atoms with E-state index in [1.165, 1.54) is 26.1 Å². The molecule has 0 bridgehead atoms. The van der Waals surface area contributed by atoms with Gasteiger partial charge in [-0.15, -0.1) is 0 Å². The van der Waals surface area contributed by atoms with Gasteiger partial charge in [0.2, 0.25) is 23.8 Å². The van der Waals surface area contributed by atoms with Gasteiger partial charge in [-0.2, -0.15) is 19.9 Å². The van der Waals surface area contributed by atoms with E-state index in [9.17, 15) is 91.3 Å². The van der Waals surface area contributed by atoms with Crippen molar-refractivity contribution in [3.05, 3.63) is 78.1 Å². The number of aromatic amines is 2. The maximum absolute atomic E-state index is 12.1. The number of nitrogens with zero attached hydrogens (tertiary/aromatic N) is 10. The lowest BCUT2D eigenvalue weighted by Crippen LogP contribution is -2.55. The second kappa shape index (κ2) is 30.7. The van der Waals surface area contributed by atoms with Crippen molar-refractivity contribution in [2.75, 3.05) is 49.4 Å². The summed E-state index contributed by atoms with van der Waals surface area (Å²) in [5.41, 5.74) is 25.1. The highest BCUT2D eigenvalue weighted by atomic mass is 35.5. The van der Waals surface area contributed by atoms with Crippen LogP contribution >= 0.6 is 23.2 Å². The quantitative estimate of drug-likeness (QED) is 0.0661. The highest BCUT2D eigenvalue weighted by Gasteiger charge is 2.59. The van der Waals surface area contributed by atoms with E-state index in [-0.39, 0.29) is 68.4 Å². The molecule has 9 unspecified atom stereocenters. The highest BCUT2D eigenvalue weighted by Crippen LogP contribution is 2.45. The van der Waals surface area contributed by atoms with Gasteiger partial charge in [-0.1, -0.05) is 23.2 Å². The fraction of sp³-hybridized carbons (Fsp3) is 0.613. The third-order valence-electron chi connectivity index (χ3n) is 19.0. The average molecular weight is 1540 g/mol. The Labute approximate surface area is 608 Å². The SMILES string of the molecule is Cc1cn([C@@H]2OC(CO)[C@@H](O)[C@H](O)C(O)C2O)c2nc(N)[nH]c(=O)c12.Cc1cn([C@@H]2OC(CO)[C@@H](O)[C@H](O)C(O)C2O)c2nc(N)nc(Cl)c12.Cc1cn([C@@H]2OC3COC(C)(C)O[C@H]3[C@@H]3OC(C)(C)OC3C2O)c2nc(N)nc(Cl)c12.Cc1cn([C@@H]2O[C@H](CO)[C@@H](O)[C@@H](O)[C@@H](O)[C@H]2O)c2nc(N)[nH]c(=O)c12. The molecular formula is C62H86Cl2N16O26. The van der Waals surface area contributed by atoms with Crippen molar-refractivity contribution in [2.24, 2.45) is 0 Å². The van der Waals surface area contributed by atoms with Crippen molar-refractivity contribution >= 4 is 91.1 Å². The van der Waals surface area contributed by atoms with Crippen LogP contribution < -0.4 is 34.1 Å². The van der Waals surface area contributed by atoms with Gasteiger partial charge in [-0.25, -0.2) is 9.97 Å². The monoisotopic (exact) mass is 1540 g/mol. The fourth-order valence-corrected chi connectivity index (χ4v) is 14.5. The second-order valence-electron chi connectivity index (χ2n) is 27.4. The van der Waals surface area contributed by atoms with E-state index in [0.717, 1.165) is 5.56 Å². The molecule has 24 atom stereocenters. The number of aliphatic hydroxyl groups excluding tert-OH is 16. The molecule has 8 aromatic rings. The first-order valence-electron chi connectivity index (χ1n) is 33.0. The molecule has 6 aliphatic heterocycles. The summed E-state index contributed by atoms with van der Waals surface area (Å²) in [6.45, 7) is 12.5. The van der Waals surface area contributed by atoms with E-state index in [4.69, 9.17) is 84.0 Å². The van der Waals surface area contributed by atoms with Gasteiger partial charge in [0.25, 0.3) is 11.1 Å². The Hall–Kier alpha value is -7.10. The number of H-pyrrole nitrogens is 2. The first-order valence-corrected chi connectivity index (χ1v) is 33.8. The number of aromatic nitrogens is 12. The van der Waals surface area contributed by atoms with Crippen molar-refractivity contribution in [2.45, 2.75) is 214 Å². The molecule has 44 heteroatoms. The number of ether oxygens (including phenoxy) is 8. The first-order chi connectivity index (χ1) is 49.7. The van der Waals surface area contributed by atoms with Crippen LogP contribution in [0.3, 0.4) is 0 Å². The molecule has 0 spiro atoms. The zero-order valence-electron chi connectivity index (χ0n) is 57.8. The average Bonchev–Trinajstić information content (AvgIpc) is 1.60. The number of anilines is 4. The van der Waals surface area contributed by atoms with E-state index < -0.39 is 190 Å². The number of fused-ring (bicyclic) bond motifs is 7. The van der Waals surface area contributed by atoms with Crippen LogP contribution in [-0.2, 0) is 37.9 Å². The van der Waals surface area contributed by atoms with E-state index >= 15 is 0 Å². The molecule has 0 amide bonds. The number of hydrogen-bond donors (Lipinski definition) is 22. The molecule has 14 rings (SSSR count). The predicted molar refractivity (Wildman–Crippen MR) is 366 cm³/mol. The largest absolute Gasteiger partial charge is 0.394 e. The van der Waals surface area contributed by atoms with Crippen molar-refractivity contribution in [1.82, 2.24) is 58.1 Å². The third-order valence-corrected chi connectivity index (χ3v) is 19.6. The lowest BCUT2D eigenvalue weighted by Gasteiger charge is -2.42. The van der Waals surface area contributed by atoms with Crippen molar-refractivity contribution < 1.29 is 120 Å². The summed E-state index contributed by atoms with van der Waals surface area (Å²) >= 11 is 12.4. The Kier molecular flexibility index (Phi) is 23.2. The lowest BCUT2D eigenvalue weighted by atomic mass is 9.99. The minimum absolute atomic E-state index is 0.0309. The van der Waals surface area contributed by atoms with Crippen LogP contribution in [0, 0.1) is 27.7 Å². The maximum Gasteiger partial charge on any atom is 0.262 e. The van der Waals surface area contributed by atoms with Gasteiger partial charge in [0.15, 0.2) is 47.8 Å². The van der Waals surface area contributed by atoms with Gasteiger partial charge < -0.3 is 161 Å². The summed E-state index contributed by atoms with van der Waals surface area (Å²) in [5.74, 6) is -2.08. The van der Waals surface area contributed by atoms with Crippen LogP contribution in [0.4, 0.5) is 23.8 Å². The lowest BCUT2D eigenvalue weighted by molar-refractivity contribution is -0.332. The highest BCUT2D eigenvalue weighted by molar-refractivity contribution is 6.34. The van der Waals surface area contributed by atoms with Crippen LogP contribution in [0.1, 0.15) is 74.9 Å². The Balaban J connectivity index is 0.000000142. The van der Waals surface area contributed by atoms with E-state index in [1.807, 2.05) is 40.8 Å². The molecule has 8 aromatic heterocycles. The van der Waals surface area contributed by atoms with Crippen LogP contribution in [0.15, 0.2) is 34.4 Å². The zero-order valence-corrected chi connectivity index (χ0v) is 59.3. The van der Waals surface area contributed by atoms with Gasteiger partial charge in [0.1, 0.15) is 144 Å². The standard InChI is InChI=1S/C20H27ClN4O6.C14H19ClN4O6.2C14H20N4O7/c1-8-6-25(16-10(8)15(21)23-18(22)24-16)17-11(26)13-14(31-20(4,5)30-13)12-9(28-17)7-27-19(2,3)29-12;1-4-2-19(12-6(4)11(15)17-14(16)18-12)13-10(24)9(23)8(22)7(21)5(3-20)25-13;2*1-4-2-18(11-6(4)12(24)17-14(15)16-11)13-10(23)9(22)8(21)7(20)5(3-19)25-13/h6,9,11-14,17,26H,7H2,1-5H3,(H2,22,23,24);2,5,7-10,13,20-24H,3H2,1H3,(H2,16,17,18);2*2,5,7-10,13,19-23H,3H2,1H3,(H3,15,16,17,24)/t9?,11?,12-,13?,14+,17-;2*5?,7-,8+,9?,10?,13-;5-,7-,8-,9-,10-,13-/m1111/s1. The zero-order chi connectivity index (χ0) is 77.7. The second-order valence-corrected chi connectivity index (χ2v) is 28.1. The number of nitrogens with two attached hydrogens (primary N) is 4. The van der Waals surface area contributed by atoms with Gasteiger partial charge in [-0.05, 0) is 77.6 Å². The number of aryl methyl sites for hydroxylation is 4. The normalized spacial score (nSPS) is 34.5. The van der Waals surface area contributed by atoms with Crippen molar-refractivity contribution in [1.29, 1.82) is 0 Å².